The summed E-state index contributed by atoms with van der Waals surface area (Å²) in [7, 11) is 1.67. The monoisotopic (exact) mass is 235 g/mol. The van der Waals surface area contributed by atoms with E-state index < -0.39 is 0 Å². The highest BCUT2D eigenvalue weighted by atomic mass is 16.5. The average molecular weight is 235 g/mol. The van der Waals surface area contributed by atoms with Crippen molar-refractivity contribution in [3.63, 3.8) is 0 Å². The molecule has 0 aliphatic carbocycles. The number of alkyl carbamates (subject to hydrolysis) is 1. The summed E-state index contributed by atoms with van der Waals surface area (Å²) in [5.74, 6) is 0.909. The summed E-state index contributed by atoms with van der Waals surface area (Å²) in [5.41, 5.74) is 3.28. The molecule has 1 saturated heterocycles. The summed E-state index contributed by atoms with van der Waals surface area (Å²) in [5, 5.41) is 2.82. The molecule has 1 heterocycles. The Bertz CT molecular complexity index is 419. The SMILES string of the molecule is COc1c(C)cc([C@@H]2CCOC(=O)N2)cc1C. The van der Waals surface area contributed by atoms with Gasteiger partial charge in [-0.3, -0.25) is 0 Å². The van der Waals surface area contributed by atoms with Crippen LogP contribution in [0.1, 0.15) is 29.2 Å². The van der Waals surface area contributed by atoms with Crippen LogP contribution in [-0.2, 0) is 4.74 Å². The number of hydrogen-bond donors (Lipinski definition) is 1. The lowest BCUT2D eigenvalue weighted by Crippen LogP contribution is -2.35. The van der Waals surface area contributed by atoms with Crippen molar-refractivity contribution in [3.8, 4) is 5.75 Å². The van der Waals surface area contributed by atoms with Crippen molar-refractivity contribution >= 4 is 6.09 Å². The van der Waals surface area contributed by atoms with Gasteiger partial charge in [0.15, 0.2) is 0 Å². The highest BCUT2D eigenvalue weighted by Crippen LogP contribution is 2.29. The van der Waals surface area contributed by atoms with Crippen molar-refractivity contribution in [2.45, 2.75) is 26.3 Å². The number of cyclic esters (lactones) is 1. The Hall–Kier alpha value is -1.71. The molecular formula is C13H17NO3. The normalized spacial score (nSPS) is 19.5. The molecule has 4 nitrogen and oxygen atoms in total. The number of amides is 1. The fraction of sp³-hybridized carbons (Fsp3) is 0.462. The molecule has 17 heavy (non-hydrogen) atoms. The van der Waals surface area contributed by atoms with Crippen LogP contribution in [0.4, 0.5) is 4.79 Å². The van der Waals surface area contributed by atoms with E-state index in [1.807, 2.05) is 13.8 Å². The van der Waals surface area contributed by atoms with E-state index in [4.69, 9.17) is 9.47 Å². The van der Waals surface area contributed by atoms with Crippen LogP contribution in [0.2, 0.25) is 0 Å². The third-order valence-corrected chi connectivity index (χ3v) is 3.02. The van der Waals surface area contributed by atoms with Crippen LogP contribution >= 0.6 is 0 Å². The van der Waals surface area contributed by atoms with E-state index in [9.17, 15) is 4.79 Å². The average Bonchev–Trinajstić information content (AvgIpc) is 2.28. The van der Waals surface area contributed by atoms with Crippen LogP contribution in [0.3, 0.4) is 0 Å². The minimum Gasteiger partial charge on any atom is -0.496 e. The van der Waals surface area contributed by atoms with E-state index >= 15 is 0 Å². The molecule has 1 N–H and O–H groups in total. The fourth-order valence-corrected chi connectivity index (χ4v) is 2.28. The molecule has 1 aromatic carbocycles. The van der Waals surface area contributed by atoms with E-state index in [0.717, 1.165) is 28.9 Å². The van der Waals surface area contributed by atoms with Crippen LogP contribution in [0.15, 0.2) is 12.1 Å². The number of rotatable bonds is 2. The lowest BCUT2D eigenvalue weighted by atomic mass is 9.98. The minimum absolute atomic E-state index is 0.0413. The van der Waals surface area contributed by atoms with Crippen molar-refractivity contribution in [1.29, 1.82) is 0 Å². The number of carbonyl (C=O) groups is 1. The van der Waals surface area contributed by atoms with E-state index in [-0.39, 0.29) is 12.1 Å². The second-order valence-electron chi connectivity index (χ2n) is 4.31. The van der Waals surface area contributed by atoms with Crippen LogP contribution in [0.5, 0.6) is 5.75 Å². The Balaban J connectivity index is 2.30. The molecule has 1 aromatic rings. The number of nitrogens with one attached hydrogen (secondary N) is 1. The summed E-state index contributed by atoms with van der Waals surface area (Å²) < 4.78 is 10.2. The first-order chi connectivity index (χ1) is 8.11. The maximum Gasteiger partial charge on any atom is 0.407 e. The summed E-state index contributed by atoms with van der Waals surface area (Å²) >= 11 is 0. The highest BCUT2D eigenvalue weighted by molar-refractivity contribution is 5.68. The molecule has 2 rings (SSSR count). The quantitative estimate of drug-likeness (QED) is 0.856. The Morgan fingerprint density at radius 3 is 2.53 bits per heavy atom. The third kappa shape index (κ3) is 2.35. The lowest BCUT2D eigenvalue weighted by molar-refractivity contribution is 0.115. The van der Waals surface area contributed by atoms with Gasteiger partial charge in [-0.1, -0.05) is 12.1 Å². The summed E-state index contributed by atoms with van der Waals surface area (Å²) in [6.07, 6.45) is 0.462. The van der Waals surface area contributed by atoms with Crippen LogP contribution in [0, 0.1) is 13.8 Å². The molecule has 1 aliphatic heterocycles. The number of benzene rings is 1. The second-order valence-corrected chi connectivity index (χ2v) is 4.31. The van der Waals surface area contributed by atoms with Gasteiger partial charge in [-0.2, -0.15) is 0 Å². The molecule has 4 heteroatoms. The van der Waals surface area contributed by atoms with Crippen molar-refractivity contribution < 1.29 is 14.3 Å². The Labute approximate surface area is 101 Å². The molecule has 1 amide bonds. The van der Waals surface area contributed by atoms with Gasteiger partial charge in [0.25, 0.3) is 0 Å². The van der Waals surface area contributed by atoms with Gasteiger partial charge >= 0.3 is 6.09 Å². The number of ether oxygens (including phenoxy) is 2. The highest BCUT2D eigenvalue weighted by Gasteiger charge is 2.21. The predicted molar refractivity (Wildman–Crippen MR) is 64.3 cm³/mol. The van der Waals surface area contributed by atoms with Crippen LogP contribution in [0.25, 0.3) is 0 Å². The first-order valence-corrected chi connectivity index (χ1v) is 5.70. The van der Waals surface area contributed by atoms with Gasteiger partial charge in [-0.15, -0.1) is 0 Å². The van der Waals surface area contributed by atoms with Gasteiger partial charge in [0.1, 0.15) is 5.75 Å². The third-order valence-electron chi connectivity index (χ3n) is 3.02. The molecule has 0 spiro atoms. The lowest BCUT2D eigenvalue weighted by Gasteiger charge is -2.24. The molecular weight excluding hydrogens is 218 g/mol. The zero-order valence-corrected chi connectivity index (χ0v) is 10.4. The smallest absolute Gasteiger partial charge is 0.407 e. The molecule has 0 saturated carbocycles. The molecule has 0 bridgehead atoms. The molecule has 0 unspecified atom stereocenters. The van der Waals surface area contributed by atoms with Gasteiger partial charge in [0.2, 0.25) is 0 Å². The standard InChI is InChI=1S/C13H17NO3/c1-8-6-10(7-9(2)12(8)16-3)11-4-5-17-13(15)14-11/h6-7,11H,4-5H2,1-3H3,(H,14,15)/t11-/m0/s1. The number of aryl methyl sites for hydroxylation is 2. The van der Waals surface area contributed by atoms with E-state index in [0.29, 0.717) is 6.61 Å². The molecule has 1 fully saturated rings. The topological polar surface area (TPSA) is 47.6 Å². The predicted octanol–water partition coefficient (Wildman–Crippen LogP) is 2.48. The summed E-state index contributed by atoms with van der Waals surface area (Å²) in [6.45, 7) is 4.49. The van der Waals surface area contributed by atoms with Gasteiger partial charge < -0.3 is 14.8 Å². The van der Waals surface area contributed by atoms with Gasteiger partial charge in [0.05, 0.1) is 19.8 Å². The largest absolute Gasteiger partial charge is 0.496 e. The molecule has 0 aromatic heterocycles. The molecule has 1 atom stereocenters. The maximum atomic E-state index is 11.2. The van der Waals surface area contributed by atoms with Crippen molar-refractivity contribution in [2.75, 3.05) is 13.7 Å². The Kier molecular flexibility index (Phi) is 3.22. The van der Waals surface area contributed by atoms with Crippen molar-refractivity contribution in [1.82, 2.24) is 5.32 Å². The Morgan fingerprint density at radius 2 is 2.00 bits per heavy atom. The number of carbonyl (C=O) groups excluding carboxylic acids is 1. The number of methoxy groups -OCH3 is 1. The Morgan fingerprint density at radius 1 is 1.35 bits per heavy atom. The zero-order chi connectivity index (χ0) is 12.4. The maximum absolute atomic E-state index is 11.2. The minimum atomic E-state index is -0.340. The van der Waals surface area contributed by atoms with Crippen molar-refractivity contribution in [2.24, 2.45) is 0 Å². The van der Waals surface area contributed by atoms with E-state index in [1.165, 1.54) is 0 Å². The van der Waals surface area contributed by atoms with Crippen molar-refractivity contribution in [3.05, 3.63) is 28.8 Å². The summed E-state index contributed by atoms with van der Waals surface area (Å²) in [6, 6.07) is 4.16. The fourth-order valence-electron chi connectivity index (χ4n) is 2.28. The molecule has 92 valence electrons. The van der Waals surface area contributed by atoms with Gasteiger partial charge in [0, 0.05) is 6.42 Å². The first-order valence-electron chi connectivity index (χ1n) is 5.70. The van der Waals surface area contributed by atoms with E-state index in [1.54, 1.807) is 7.11 Å². The van der Waals surface area contributed by atoms with Crippen LogP contribution in [-0.4, -0.2) is 19.8 Å². The second kappa shape index (κ2) is 4.65. The van der Waals surface area contributed by atoms with Crippen LogP contribution < -0.4 is 10.1 Å². The zero-order valence-electron chi connectivity index (χ0n) is 10.4. The van der Waals surface area contributed by atoms with Gasteiger partial charge in [-0.25, -0.2) is 4.79 Å². The molecule has 0 radical (unpaired) electrons. The van der Waals surface area contributed by atoms with Gasteiger partial charge in [-0.05, 0) is 30.5 Å². The molecule has 1 aliphatic rings. The van der Waals surface area contributed by atoms with E-state index in [2.05, 4.69) is 17.4 Å². The first kappa shape index (κ1) is 11.8. The number of hydrogen-bond acceptors (Lipinski definition) is 3. The summed E-state index contributed by atoms with van der Waals surface area (Å²) in [4.78, 5) is 11.2.